The minimum atomic E-state index is -0.937. The number of hydrogen-bond acceptors (Lipinski definition) is 2. The summed E-state index contributed by atoms with van der Waals surface area (Å²) < 4.78 is 26.2. The van der Waals surface area contributed by atoms with Gasteiger partial charge in [0.2, 0.25) is 0 Å². The normalized spacial score (nSPS) is 12.0. The van der Waals surface area contributed by atoms with Crippen LogP contribution >= 0.6 is 11.6 Å². The summed E-state index contributed by atoms with van der Waals surface area (Å²) in [7, 11) is 1.59. The SMILES string of the molecule is CC(c1ccc(F)c(F)c1)N(C)C(=O)c1ccc(Cl)nc1. The van der Waals surface area contributed by atoms with Crippen LogP contribution in [0.3, 0.4) is 0 Å². The van der Waals surface area contributed by atoms with E-state index in [1.54, 1.807) is 20.0 Å². The lowest BCUT2D eigenvalue weighted by molar-refractivity contribution is 0.0742. The van der Waals surface area contributed by atoms with Gasteiger partial charge in [-0.25, -0.2) is 13.8 Å². The summed E-state index contributed by atoms with van der Waals surface area (Å²) in [6.07, 6.45) is 1.37. The molecule has 0 aliphatic heterocycles. The molecular formula is C15H13ClF2N2O. The number of amides is 1. The Morgan fingerprint density at radius 1 is 1.24 bits per heavy atom. The van der Waals surface area contributed by atoms with Crippen molar-refractivity contribution in [1.29, 1.82) is 0 Å². The molecule has 0 bridgehead atoms. The number of nitrogens with zero attached hydrogens (tertiary/aromatic N) is 2. The van der Waals surface area contributed by atoms with Gasteiger partial charge in [0.25, 0.3) is 5.91 Å². The van der Waals surface area contributed by atoms with Crippen LogP contribution in [0.2, 0.25) is 5.15 Å². The average Bonchev–Trinajstić information content (AvgIpc) is 2.48. The molecule has 110 valence electrons. The zero-order chi connectivity index (χ0) is 15.6. The number of pyridine rings is 1. The minimum absolute atomic E-state index is 0.281. The smallest absolute Gasteiger partial charge is 0.255 e. The predicted octanol–water partition coefficient (Wildman–Crippen LogP) is 3.85. The highest BCUT2D eigenvalue weighted by atomic mass is 35.5. The molecule has 0 aliphatic rings. The second-order valence-corrected chi connectivity index (χ2v) is 5.02. The molecule has 2 aromatic rings. The van der Waals surface area contributed by atoms with E-state index < -0.39 is 17.7 Å². The van der Waals surface area contributed by atoms with Gasteiger partial charge in [-0.3, -0.25) is 4.79 Å². The van der Waals surface area contributed by atoms with Crippen molar-refractivity contribution in [2.75, 3.05) is 7.05 Å². The molecule has 0 radical (unpaired) electrons. The monoisotopic (exact) mass is 310 g/mol. The molecule has 0 fully saturated rings. The third-order valence-electron chi connectivity index (χ3n) is 3.30. The maximum Gasteiger partial charge on any atom is 0.255 e. The van der Waals surface area contributed by atoms with Crippen LogP contribution in [0, 0.1) is 11.6 Å². The number of carbonyl (C=O) groups excluding carboxylic acids is 1. The molecule has 3 nitrogen and oxygen atoms in total. The van der Waals surface area contributed by atoms with E-state index in [1.807, 2.05) is 0 Å². The summed E-state index contributed by atoms with van der Waals surface area (Å²) in [4.78, 5) is 17.6. The van der Waals surface area contributed by atoms with E-state index >= 15 is 0 Å². The number of rotatable bonds is 3. The molecule has 1 heterocycles. The van der Waals surface area contributed by atoms with E-state index in [4.69, 9.17) is 11.6 Å². The standard InChI is InChI=1S/C15H13ClF2N2O/c1-9(10-3-5-12(17)13(18)7-10)20(2)15(21)11-4-6-14(16)19-8-11/h3-9H,1-2H3. The molecule has 0 N–H and O–H groups in total. The van der Waals surface area contributed by atoms with E-state index in [2.05, 4.69) is 4.98 Å². The molecule has 0 saturated heterocycles. The Morgan fingerprint density at radius 2 is 1.95 bits per heavy atom. The molecule has 1 aromatic heterocycles. The second kappa shape index (κ2) is 6.18. The van der Waals surface area contributed by atoms with Gasteiger partial charge in [0, 0.05) is 13.2 Å². The van der Waals surface area contributed by atoms with Crippen molar-refractivity contribution in [2.24, 2.45) is 0 Å². The summed E-state index contributed by atoms with van der Waals surface area (Å²) in [6, 6.07) is 6.25. The highest BCUT2D eigenvalue weighted by Gasteiger charge is 2.20. The molecule has 0 saturated carbocycles. The molecule has 6 heteroatoms. The first-order chi connectivity index (χ1) is 9.90. The van der Waals surface area contributed by atoms with Gasteiger partial charge in [-0.05, 0) is 36.8 Å². The van der Waals surface area contributed by atoms with Crippen molar-refractivity contribution in [3.05, 3.63) is 64.4 Å². The van der Waals surface area contributed by atoms with Crippen LogP contribution in [-0.4, -0.2) is 22.8 Å². The molecular weight excluding hydrogens is 298 g/mol. The van der Waals surface area contributed by atoms with Gasteiger partial charge in [0.05, 0.1) is 11.6 Å². The van der Waals surface area contributed by atoms with Gasteiger partial charge in [-0.15, -0.1) is 0 Å². The van der Waals surface area contributed by atoms with Crippen molar-refractivity contribution >= 4 is 17.5 Å². The Morgan fingerprint density at radius 3 is 2.52 bits per heavy atom. The third kappa shape index (κ3) is 3.36. The fraction of sp³-hybridized carbons (Fsp3) is 0.200. The Balaban J connectivity index is 2.21. The van der Waals surface area contributed by atoms with Gasteiger partial charge in [-0.1, -0.05) is 17.7 Å². The maximum absolute atomic E-state index is 13.3. The zero-order valence-corrected chi connectivity index (χ0v) is 12.2. The van der Waals surface area contributed by atoms with E-state index in [0.29, 0.717) is 16.3 Å². The van der Waals surface area contributed by atoms with Crippen molar-refractivity contribution in [1.82, 2.24) is 9.88 Å². The number of hydrogen-bond donors (Lipinski definition) is 0. The van der Waals surface area contributed by atoms with E-state index in [0.717, 1.165) is 12.1 Å². The molecule has 0 aliphatic carbocycles. The van der Waals surface area contributed by atoms with E-state index in [1.165, 1.54) is 23.2 Å². The molecule has 1 amide bonds. The molecule has 1 aromatic carbocycles. The second-order valence-electron chi connectivity index (χ2n) is 4.64. The third-order valence-corrected chi connectivity index (χ3v) is 3.53. The molecule has 1 atom stereocenters. The Bertz CT molecular complexity index is 661. The number of carbonyl (C=O) groups is 1. The maximum atomic E-state index is 13.3. The zero-order valence-electron chi connectivity index (χ0n) is 11.5. The first-order valence-electron chi connectivity index (χ1n) is 6.24. The quantitative estimate of drug-likeness (QED) is 0.807. The van der Waals surface area contributed by atoms with Crippen molar-refractivity contribution < 1.29 is 13.6 Å². The fourth-order valence-electron chi connectivity index (χ4n) is 1.88. The topological polar surface area (TPSA) is 33.2 Å². The van der Waals surface area contributed by atoms with Gasteiger partial charge in [0.15, 0.2) is 11.6 Å². The first-order valence-corrected chi connectivity index (χ1v) is 6.61. The van der Waals surface area contributed by atoms with Crippen molar-refractivity contribution in [3.63, 3.8) is 0 Å². The number of benzene rings is 1. The Kier molecular flexibility index (Phi) is 4.53. The fourth-order valence-corrected chi connectivity index (χ4v) is 1.99. The van der Waals surface area contributed by atoms with Crippen LogP contribution < -0.4 is 0 Å². The predicted molar refractivity (Wildman–Crippen MR) is 76.1 cm³/mol. The first kappa shape index (κ1) is 15.4. The lowest BCUT2D eigenvalue weighted by atomic mass is 10.1. The lowest BCUT2D eigenvalue weighted by Crippen LogP contribution is -2.29. The van der Waals surface area contributed by atoms with Crippen molar-refractivity contribution in [3.8, 4) is 0 Å². The van der Waals surface area contributed by atoms with Crippen LogP contribution in [-0.2, 0) is 0 Å². The van der Waals surface area contributed by atoms with Crippen LogP contribution in [0.5, 0.6) is 0 Å². The summed E-state index contributed by atoms with van der Waals surface area (Å²) in [5.74, 6) is -2.13. The number of aromatic nitrogens is 1. The van der Waals surface area contributed by atoms with Gasteiger partial charge < -0.3 is 4.90 Å². The van der Waals surface area contributed by atoms with Gasteiger partial charge in [0.1, 0.15) is 5.15 Å². The largest absolute Gasteiger partial charge is 0.335 e. The van der Waals surface area contributed by atoms with E-state index in [-0.39, 0.29) is 5.91 Å². The molecule has 21 heavy (non-hydrogen) atoms. The molecule has 1 unspecified atom stereocenters. The highest BCUT2D eigenvalue weighted by Crippen LogP contribution is 2.22. The Labute approximate surface area is 126 Å². The van der Waals surface area contributed by atoms with E-state index in [9.17, 15) is 13.6 Å². The van der Waals surface area contributed by atoms with Crippen LogP contribution in [0.4, 0.5) is 8.78 Å². The molecule has 2 rings (SSSR count). The van der Waals surface area contributed by atoms with Gasteiger partial charge in [-0.2, -0.15) is 0 Å². The van der Waals surface area contributed by atoms with Crippen molar-refractivity contribution in [2.45, 2.75) is 13.0 Å². The lowest BCUT2D eigenvalue weighted by Gasteiger charge is -2.25. The summed E-state index contributed by atoms with van der Waals surface area (Å²) in [5, 5.41) is 0.294. The van der Waals surface area contributed by atoms with Gasteiger partial charge >= 0.3 is 0 Å². The van der Waals surface area contributed by atoms with Crippen LogP contribution in [0.25, 0.3) is 0 Å². The van der Waals surface area contributed by atoms with Crippen LogP contribution in [0.1, 0.15) is 28.9 Å². The molecule has 0 spiro atoms. The average molecular weight is 311 g/mol. The van der Waals surface area contributed by atoms with Crippen LogP contribution in [0.15, 0.2) is 36.5 Å². The highest BCUT2D eigenvalue weighted by molar-refractivity contribution is 6.29. The number of halogens is 3. The summed E-state index contributed by atoms with van der Waals surface area (Å²) >= 11 is 5.67. The minimum Gasteiger partial charge on any atom is -0.335 e. The Hall–Kier alpha value is -2.01. The summed E-state index contributed by atoms with van der Waals surface area (Å²) in [5.41, 5.74) is 0.878. The summed E-state index contributed by atoms with van der Waals surface area (Å²) in [6.45, 7) is 1.73.